The molecule has 0 bridgehead atoms. The number of hydrogen-bond acceptors (Lipinski definition) is 2. The second-order valence-corrected chi connectivity index (χ2v) is 5.49. The molecule has 0 aliphatic heterocycles. The van der Waals surface area contributed by atoms with Gasteiger partial charge < -0.3 is 5.32 Å². The number of benzene rings is 2. The summed E-state index contributed by atoms with van der Waals surface area (Å²) in [7, 11) is 0. The van der Waals surface area contributed by atoms with Gasteiger partial charge in [0.2, 0.25) is 0 Å². The van der Waals surface area contributed by atoms with Crippen LogP contribution in [0, 0.1) is 0 Å². The molecule has 4 heteroatoms. The second-order valence-electron chi connectivity index (χ2n) is 5.08. The summed E-state index contributed by atoms with van der Waals surface area (Å²) in [5, 5.41) is 8.13. The largest absolute Gasteiger partial charge is 0.357 e. The number of hydrogen-bond donors (Lipinski definition) is 2. The third-order valence-electron chi connectivity index (χ3n) is 3.52. The van der Waals surface area contributed by atoms with Gasteiger partial charge in [-0.3, -0.25) is 5.43 Å². The van der Waals surface area contributed by atoms with E-state index in [4.69, 9.17) is 12.2 Å². The predicted molar refractivity (Wildman–Crippen MR) is 90.3 cm³/mol. The van der Waals surface area contributed by atoms with Crippen molar-refractivity contribution < 1.29 is 0 Å². The summed E-state index contributed by atoms with van der Waals surface area (Å²) in [6.07, 6.45) is 1.81. The Kier molecular flexibility index (Phi) is 4.26. The minimum absolute atomic E-state index is 0.558. The smallest absolute Gasteiger partial charge is 0.187 e. The van der Waals surface area contributed by atoms with Crippen LogP contribution in [0.25, 0.3) is 0 Å². The molecular weight excluding hydrogens is 278 g/mol. The van der Waals surface area contributed by atoms with E-state index in [0.717, 1.165) is 18.6 Å². The van der Waals surface area contributed by atoms with Gasteiger partial charge in [-0.05, 0) is 28.9 Å². The molecule has 0 fully saturated rings. The lowest BCUT2D eigenvalue weighted by Gasteiger charge is -2.07. The summed E-state index contributed by atoms with van der Waals surface area (Å²) >= 11 is 5.24. The summed E-state index contributed by atoms with van der Waals surface area (Å²) in [6, 6.07) is 18.6. The van der Waals surface area contributed by atoms with Gasteiger partial charge in [-0.1, -0.05) is 54.6 Å². The van der Waals surface area contributed by atoms with Crippen molar-refractivity contribution in [3.05, 3.63) is 71.3 Å². The summed E-state index contributed by atoms with van der Waals surface area (Å²) < 4.78 is 0. The maximum Gasteiger partial charge on any atom is 0.187 e. The van der Waals surface area contributed by atoms with Crippen LogP contribution in [0.4, 0.5) is 0 Å². The van der Waals surface area contributed by atoms with E-state index in [-0.39, 0.29) is 0 Å². The van der Waals surface area contributed by atoms with Gasteiger partial charge in [0.05, 0.1) is 0 Å². The average molecular weight is 295 g/mol. The zero-order chi connectivity index (χ0) is 14.5. The molecule has 0 amide bonds. The number of nitrogens with one attached hydrogen (secondary N) is 2. The summed E-state index contributed by atoms with van der Waals surface area (Å²) in [5.74, 6) is 0. The summed E-state index contributed by atoms with van der Waals surface area (Å²) in [4.78, 5) is 0. The van der Waals surface area contributed by atoms with E-state index in [1.54, 1.807) is 0 Å². The van der Waals surface area contributed by atoms with Crippen molar-refractivity contribution in [1.29, 1.82) is 0 Å². The highest BCUT2D eigenvalue weighted by molar-refractivity contribution is 7.80. The van der Waals surface area contributed by atoms with Crippen LogP contribution >= 0.6 is 12.2 Å². The van der Waals surface area contributed by atoms with Gasteiger partial charge in [0.15, 0.2) is 5.11 Å². The third kappa shape index (κ3) is 3.67. The monoisotopic (exact) mass is 295 g/mol. The Morgan fingerprint density at radius 2 is 1.57 bits per heavy atom. The van der Waals surface area contributed by atoms with E-state index in [0.29, 0.717) is 11.7 Å². The molecule has 0 saturated carbocycles. The van der Waals surface area contributed by atoms with E-state index in [1.807, 2.05) is 18.2 Å². The lowest BCUT2D eigenvalue weighted by Crippen LogP contribution is -2.32. The first-order valence-electron chi connectivity index (χ1n) is 7.01. The maximum absolute atomic E-state index is 5.24. The zero-order valence-electron chi connectivity index (χ0n) is 11.7. The minimum Gasteiger partial charge on any atom is -0.357 e. The van der Waals surface area contributed by atoms with Crippen molar-refractivity contribution >= 4 is 23.0 Å². The molecule has 3 rings (SSSR count). The molecule has 0 saturated heterocycles. The lowest BCUT2D eigenvalue weighted by molar-refractivity contribution is 0.864. The Hall–Kier alpha value is -2.20. The Morgan fingerprint density at radius 1 is 0.952 bits per heavy atom. The summed E-state index contributed by atoms with van der Waals surface area (Å²) in [5.41, 5.74) is 7.98. The van der Waals surface area contributed by atoms with E-state index < -0.39 is 0 Å². The topological polar surface area (TPSA) is 36.4 Å². The molecule has 1 aliphatic rings. The molecule has 3 nitrogen and oxygen atoms in total. The first-order valence-corrected chi connectivity index (χ1v) is 7.42. The Labute approximate surface area is 130 Å². The van der Waals surface area contributed by atoms with Crippen LogP contribution in [0.5, 0.6) is 0 Å². The molecule has 0 unspecified atom stereocenters. The fourth-order valence-corrected chi connectivity index (χ4v) is 2.55. The van der Waals surface area contributed by atoms with Crippen LogP contribution in [-0.2, 0) is 19.4 Å². The maximum atomic E-state index is 5.24. The quantitative estimate of drug-likeness (QED) is 0.675. The normalized spacial score (nSPS) is 12.7. The predicted octanol–water partition coefficient (Wildman–Crippen LogP) is 2.81. The van der Waals surface area contributed by atoms with Gasteiger partial charge in [-0.2, -0.15) is 5.10 Å². The Balaban J connectivity index is 1.49. The van der Waals surface area contributed by atoms with Gasteiger partial charge in [-0.25, -0.2) is 0 Å². The average Bonchev–Trinajstić information content (AvgIpc) is 2.95. The first-order chi connectivity index (χ1) is 10.3. The molecule has 0 atom stereocenters. The molecule has 0 radical (unpaired) electrons. The molecule has 2 N–H and O–H groups in total. The molecule has 2 aromatic rings. The summed E-state index contributed by atoms with van der Waals surface area (Å²) in [6.45, 7) is 0.706. The zero-order valence-corrected chi connectivity index (χ0v) is 12.5. The molecule has 21 heavy (non-hydrogen) atoms. The van der Waals surface area contributed by atoms with Crippen LogP contribution in [0.2, 0.25) is 0 Å². The van der Waals surface area contributed by atoms with E-state index in [2.05, 4.69) is 52.2 Å². The molecule has 2 aromatic carbocycles. The van der Waals surface area contributed by atoms with Gasteiger partial charge in [0, 0.05) is 25.1 Å². The highest BCUT2D eigenvalue weighted by Gasteiger charge is 2.15. The van der Waals surface area contributed by atoms with Gasteiger partial charge >= 0.3 is 0 Å². The van der Waals surface area contributed by atoms with Crippen LogP contribution < -0.4 is 10.7 Å². The molecule has 0 heterocycles. The van der Waals surface area contributed by atoms with Crippen molar-refractivity contribution in [3.63, 3.8) is 0 Å². The number of fused-ring (bicyclic) bond motifs is 1. The van der Waals surface area contributed by atoms with Crippen LogP contribution in [0.15, 0.2) is 59.7 Å². The van der Waals surface area contributed by atoms with Crippen molar-refractivity contribution in [2.75, 3.05) is 0 Å². The minimum atomic E-state index is 0.558. The molecule has 1 aliphatic carbocycles. The fraction of sp³-hybridized carbons (Fsp3) is 0.176. The second kappa shape index (κ2) is 6.50. The first kappa shape index (κ1) is 13.8. The standard InChI is InChI=1S/C17H17N3S/c21-17(18-12-13-6-2-1-3-7-13)20-19-16-10-14-8-4-5-9-15(14)11-16/h1-9H,10-12H2,(H2,18,20,21). The molecule has 0 spiro atoms. The number of thiocarbonyl (C=S) groups is 1. The van der Waals surface area contributed by atoms with Crippen molar-refractivity contribution in [3.8, 4) is 0 Å². The highest BCUT2D eigenvalue weighted by Crippen LogP contribution is 2.19. The van der Waals surface area contributed by atoms with Crippen LogP contribution in [0.3, 0.4) is 0 Å². The number of hydrazone groups is 1. The Bertz CT molecular complexity index is 638. The van der Waals surface area contributed by atoms with Gasteiger partial charge in [0.25, 0.3) is 0 Å². The van der Waals surface area contributed by atoms with Crippen molar-refractivity contribution in [2.45, 2.75) is 19.4 Å². The number of rotatable bonds is 3. The van der Waals surface area contributed by atoms with Crippen LogP contribution in [-0.4, -0.2) is 10.8 Å². The highest BCUT2D eigenvalue weighted by atomic mass is 32.1. The van der Waals surface area contributed by atoms with Crippen molar-refractivity contribution in [1.82, 2.24) is 10.7 Å². The van der Waals surface area contributed by atoms with E-state index in [1.165, 1.54) is 16.7 Å². The SMILES string of the molecule is S=C(NCc1ccccc1)NN=C1Cc2ccccc2C1. The van der Waals surface area contributed by atoms with E-state index >= 15 is 0 Å². The number of nitrogens with zero attached hydrogens (tertiary/aromatic N) is 1. The fourth-order valence-electron chi connectivity index (χ4n) is 2.43. The van der Waals surface area contributed by atoms with E-state index in [9.17, 15) is 0 Å². The van der Waals surface area contributed by atoms with Crippen molar-refractivity contribution in [2.24, 2.45) is 5.10 Å². The van der Waals surface area contributed by atoms with Gasteiger partial charge in [0.1, 0.15) is 0 Å². The third-order valence-corrected chi connectivity index (χ3v) is 3.75. The lowest BCUT2D eigenvalue weighted by atomic mass is 10.1. The Morgan fingerprint density at radius 3 is 2.24 bits per heavy atom. The van der Waals surface area contributed by atoms with Crippen LogP contribution in [0.1, 0.15) is 16.7 Å². The van der Waals surface area contributed by atoms with Gasteiger partial charge in [-0.15, -0.1) is 0 Å². The molecular formula is C17H17N3S. The molecule has 0 aromatic heterocycles. The molecule has 106 valence electrons.